The van der Waals surface area contributed by atoms with Gasteiger partial charge in [0.1, 0.15) is 4.90 Å². The van der Waals surface area contributed by atoms with Gasteiger partial charge in [0.05, 0.1) is 5.69 Å². The molecule has 5 heteroatoms. The third-order valence-electron chi connectivity index (χ3n) is 2.94. The topological polar surface area (TPSA) is 58.5 Å². The number of hydrogen-bond acceptors (Lipinski definition) is 3. The molecule has 1 heterocycles. The van der Waals surface area contributed by atoms with E-state index in [0.717, 1.165) is 18.4 Å². The fraction of sp³-hybridized carbons (Fsp3) is 0.417. The molecule has 1 aliphatic heterocycles. The van der Waals surface area contributed by atoms with Gasteiger partial charge in [-0.1, -0.05) is 19.1 Å². The molecule has 0 saturated heterocycles. The highest BCUT2D eigenvalue weighted by molar-refractivity contribution is 7.89. The first-order valence-electron chi connectivity index (χ1n) is 5.62. The number of benzene rings is 1. The summed E-state index contributed by atoms with van der Waals surface area (Å²) in [4.78, 5) is 4.57. The van der Waals surface area contributed by atoms with Crippen LogP contribution in [0.15, 0.2) is 28.1 Å². The van der Waals surface area contributed by atoms with Crippen LogP contribution in [0.25, 0.3) is 0 Å². The van der Waals surface area contributed by atoms with Crippen molar-refractivity contribution in [2.75, 3.05) is 7.05 Å². The van der Waals surface area contributed by atoms with E-state index in [1.807, 2.05) is 12.3 Å². The summed E-state index contributed by atoms with van der Waals surface area (Å²) in [5.74, 6) is 0.493. The monoisotopic (exact) mass is 252 g/mol. The molecule has 1 N–H and O–H groups in total. The van der Waals surface area contributed by atoms with E-state index in [2.05, 4.69) is 16.6 Å². The molecule has 0 saturated carbocycles. The molecule has 1 atom stereocenters. The van der Waals surface area contributed by atoms with Gasteiger partial charge < -0.3 is 0 Å². The molecule has 4 nitrogen and oxygen atoms in total. The SMILES string of the molecule is CNS(=O)(=O)c1cccc2c1N=CCC(C)C2. The molecule has 0 aromatic heterocycles. The number of nitrogens with one attached hydrogen (secondary N) is 1. The van der Waals surface area contributed by atoms with Crippen LogP contribution in [0.4, 0.5) is 5.69 Å². The van der Waals surface area contributed by atoms with Crippen molar-refractivity contribution in [1.29, 1.82) is 0 Å². The summed E-state index contributed by atoms with van der Waals surface area (Å²) in [5, 5.41) is 0. The highest BCUT2D eigenvalue weighted by Crippen LogP contribution is 2.32. The second-order valence-electron chi connectivity index (χ2n) is 4.33. The zero-order chi connectivity index (χ0) is 12.5. The summed E-state index contributed by atoms with van der Waals surface area (Å²) in [5.41, 5.74) is 1.59. The van der Waals surface area contributed by atoms with E-state index in [1.54, 1.807) is 12.1 Å². The van der Waals surface area contributed by atoms with Crippen molar-refractivity contribution in [3.05, 3.63) is 23.8 Å². The van der Waals surface area contributed by atoms with Gasteiger partial charge in [-0.15, -0.1) is 0 Å². The molecule has 1 aliphatic rings. The zero-order valence-electron chi connectivity index (χ0n) is 9.97. The van der Waals surface area contributed by atoms with Crippen LogP contribution in [0.3, 0.4) is 0 Å². The Morgan fingerprint density at radius 1 is 1.41 bits per heavy atom. The van der Waals surface area contributed by atoms with Crippen LogP contribution < -0.4 is 4.72 Å². The number of hydrogen-bond donors (Lipinski definition) is 1. The van der Waals surface area contributed by atoms with Gasteiger partial charge in [0.2, 0.25) is 10.0 Å². The minimum Gasteiger partial charge on any atom is -0.260 e. The fourth-order valence-corrected chi connectivity index (χ4v) is 2.90. The van der Waals surface area contributed by atoms with Crippen molar-refractivity contribution in [3.63, 3.8) is 0 Å². The van der Waals surface area contributed by atoms with Crippen molar-refractivity contribution in [3.8, 4) is 0 Å². The fourth-order valence-electron chi connectivity index (χ4n) is 1.99. The molecule has 17 heavy (non-hydrogen) atoms. The summed E-state index contributed by atoms with van der Waals surface area (Å²) in [6.07, 6.45) is 3.56. The van der Waals surface area contributed by atoms with E-state index < -0.39 is 10.0 Å². The smallest absolute Gasteiger partial charge is 0.242 e. The minimum absolute atomic E-state index is 0.267. The molecule has 0 radical (unpaired) electrons. The van der Waals surface area contributed by atoms with Gasteiger partial charge in [0.25, 0.3) is 0 Å². The van der Waals surface area contributed by atoms with Gasteiger partial charge in [0, 0.05) is 6.21 Å². The van der Waals surface area contributed by atoms with E-state index in [-0.39, 0.29) is 4.90 Å². The van der Waals surface area contributed by atoms with Crippen LogP contribution in [-0.2, 0) is 16.4 Å². The number of para-hydroxylation sites is 1. The van der Waals surface area contributed by atoms with Crippen molar-refractivity contribution < 1.29 is 8.42 Å². The van der Waals surface area contributed by atoms with Crippen LogP contribution in [0, 0.1) is 5.92 Å². The summed E-state index contributed by atoms with van der Waals surface area (Å²) in [6.45, 7) is 2.14. The third-order valence-corrected chi connectivity index (χ3v) is 4.38. The maximum atomic E-state index is 11.9. The highest BCUT2D eigenvalue weighted by atomic mass is 32.2. The molecule has 0 spiro atoms. The lowest BCUT2D eigenvalue weighted by molar-refractivity contribution is 0.587. The van der Waals surface area contributed by atoms with E-state index in [4.69, 9.17) is 0 Å². The highest BCUT2D eigenvalue weighted by Gasteiger charge is 2.20. The zero-order valence-corrected chi connectivity index (χ0v) is 10.8. The van der Waals surface area contributed by atoms with Crippen LogP contribution in [0.2, 0.25) is 0 Å². The Kier molecular flexibility index (Phi) is 3.31. The molecule has 2 rings (SSSR count). The van der Waals surface area contributed by atoms with Crippen molar-refractivity contribution in [2.24, 2.45) is 10.9 Å². The maximum absolute atomic E-state index is 11.9. The largest absolute Gasteiger partial charge is 0.260 e. The number of nitrogens with zero attached hydrogens (tertiary/aromatic N) is 1. The maximum Gasteiger partial charge on any atom is 0.242 e. The van der Waals surface area contributed by atoms with Gasteiger partial charge in [-0.2, -0.15) is 0 Å². The number of fused-ring (bicyclic) bond motifs is 1. The molecule has 1 unspecified atom stereocenters. The Hall–Kier alpha value is -1.20. The number of rotatable bonds is 2. The van der Waals surface area contributed by atoms with E-state index in [0.29, 0.717) is 11.6 Å². The Bertz CT molecular complexity index is 550. The summed E-state index contributed by atoms with van der Waals surface area (Å²) < 4.78 is 26.1. The molecular weight excluding hydrogens is 236 g/mol. The Morgan fingerprint density at radius 3 is 2.88 bits per heavy atom. The summed E-state index contributed by atoms with van der Waals surface area (Å²) >= 11 is 0. The van der Waals surface area contributed by atoms with E-state index in [1.165, 1.54) is 7.05 Å². The van der Waals surface area contributed by atoms with E-state index >= 15 is 0 Å². The number of sulfonamides is 1. The number of aliphatic imine (C=N–C) groups is 1. The van der Waals surface area contributed by atoms with Crippen LogP contribution in [0.1, 0.15) is 18.9 Å². The van der Waals surface area contributed by atoms with Crippen LogP contribution in [-0.4, -0.2) is 21.7 Å². The molecule has 1 aromatic rings. The molecule has 92 valence electrons. The van der Waals surface area contributed by atoms with Gasteiger partial charge in [0.15, 0.2) is 0 Å². The van der Waals surface area contributed by atoms with Crippen LogP contribution in [0.5, 0.6) is 0 Å². The molecule has 1 aromatic carbocycles. The molecule has 0 amide bonds. The first-order valence-corrected chi connectivity index (χ1v) is 7.11. The van der Waals surface area contributed by atoms with Gasteiger partial charge in [-0.3, -0.25) is 4.99 Å². The summed E-state index contributed by atoms with van der Waals surface area (Å²) in [6, 6.07) is 5.32. The molecule has 0 aliphatic carbocycles. The molecule has 0 bridgehead atoms. The lowest BCUT2D eigenvalue weighted by Crippen LogP contribution is -2.19. The van der Waals surface area contributed by atoms with Crippen molar-refractivity contribution in [2.45, 2.75) is 24.7 Å². The first-order chi connectivity index (χ1) is 8.04. The molecular formula is C12H16N2O2S. The van der Waals surface area contributed by atoms with Gasteiger partial charge in [-0.25, -0.2) is 13.1 Å². The third kappa shape index (κ3) is 2.40. The predicted molar refractivity (Wildman–Crippen MR) is 68.3 cm³/mol. The quantitative estimate of drug-likeness (QED) is 0.873. The van der Waals surface area contributed by atoms with Crippen LogP contribution >= 0.6 is 0 Å². The lowest BCUT2D eigenvalue weighted by atomic mass is 9.99. The average Bonchev–Trinajstić information content (AvgIpc) is 2.48. The Labute approximate surface area is 102 Å². The Morgan fingerprint density at radius 2 is 2.18 bits per heavy atom. The average molecular weight is 252 g/mol. The van der Waals surface area contributed by atoms with E-state index in [9.17, 15) is 8.42 Å². The van der Waals surface area contributed by atoms with Crippen molar-refractivity contribution in [1.82, 2.24) is 4.72 Å². The first kappa shape index (κ1) is 12.3. The minimum atomic E-state index is -3.44. The standard InChI is InChI=1S/C12H16N2O2S/c1-9-6-7-14-12-10(8-9)4-3-5-11(12)17(15,16)13-2/h3-5,7,9,13H,6,8H2,1-2H3. The molecule has 0 fully saturated rings. The van der Waals surface area contributed by atoms with Crippen molar-refractivity contribution >= 4 is 21.9 Å². The normalized spacial score (nSPS) is 19.8. The second kappa shape index (κ2) is 4.58. The van der Waals surface area contributed by atoms with Gasteiger partial charge >= 0.3 is 0 Å². The Balaban J connectivity index is 2.61. The van der Waals surface area contributed by atoms with Gasteiger partial charge in [-0.05, 0) is 37.4 Å². The summed E-state index contributed by atoms with van der Waals surface area (Å²) in [7, 11) is -2.02. The second-order valence-corrected chi connectivity index (χ2v) is 6.18. The predicted octanol–water partition coefficient (Wildman–Crippen LogP) is 1.88. The lowest BCUT2D eigenvalue weighted by Gasteiger charge is -2.11.